The van der Waals surface area contributed by atoms with Crippen molar-refractivity contribution in [3.8, 4) is 0 Å². The Hall–Kier alpha value is -1.35. The molecule has 1 aromatic rings. The van der Waals surface area contributed by atoms with Gasteiger partial charge in [-0.25, -0.2) is 0 Å². The van der Waals surface area contributed by atoms with E-state index in [1.54, 1.807) is 0 Å². The number of benzene rings is 1. The Labute approximate surface area is 107 Å². The standard InChI is InChI=1S/C15H17NO2/c1-15(2)11-10-8-18-14(9-6-4-3-5-7-9)16(10)13(17)12(11)15/h3-7,10-12,14H,8H2,1-2H3/t10-,11-,12-,14?/m1/s1. The molecule has 1 amide bonds. The van der Waals surface area contributed by atoms with Gasteiger partial charge in [0.05, 0.1) is 12.6 Å². The van der Waals surface area contributed by atoms with Gasteiger partial charge in [-0.05, 0) is 11.3 Å². The number of hydrogen-bond acceptors (Lipinski definition) is 2. The quantitative estimate of drug-likeness (QED) is 0.756. The van der Waals surface area contributed by atoms with E-state index in [0.717, 1.165) is 5.56 Å². The summed E-state index contributed by atoms with van der Waals surface area (Å²) in [6, 6.07) is 10.4. The van der Waals surface area contributed by atoms with Crippen molar-refractivity contribution in [1.82, 2.24) is 4.90 Å². The number of hydrogen-bond donors (Lipinski definition) is 0. The lowest BCUT2D eigenvalue weighted by Crippen LogP contribution is -2.37. The smallest absolute Gasteiger partial charge is 0.229 e. The molecule has 0 bridgehead atoms. The average Bonchev–Trinajstić information content (AvgIpc) is 2.70. The predicted octanol–water partition coefficient (Wildman–Crippen LogP) is 2.20. The first-order valence-corrected chi connectivity index (χ1v) is 6.61. The first-order chi connectivity index (χ1) is 8.62. The SMILES string of the molecule is CC1(C)[C@@H]2[C@H]3COC(c4ccccc4)N3C(=O)[C@@H]21. The van der Waals surface area contributed by atoms with Crippen molar-refractivity contribution < 1.29 is 9.53 Å². The highest BCUT2D eigenvalue weighted by atomic mass is 16.5. The minimum absolute atomic E-state index is 0.160. The molecular formula is C15H17NO2. The number of carbonyl (C=O) groups is 1. The van der Waals surface area contributed by atoms with Crippen molar-refractivity contribution in [1.29, 1.82) is 0 Å². The number of rotatable bonds is 1. The van der Waals surface area contributed by atoms with Crippen LogP contribution in [0.1, 0.15) is 25.6 Å². The van der Waals surface area contributed by atoms with E-state index < -0.39 is 0 Å². The Morgan fingerprint density at radius 3 is 2.72 bits per heavy atom. The van der Waals surface area contributed by atoms with Crippen LogP contribution in [0.15, 0.2) is 30.3 Å². The summed E-state index contributed by atoms with van der Waals surface area (Å²) in [5, 5.41) is 0. The lowest BCUT2D eigenvalue weighted by atomic mass is 10.0. The maximum absolute atomic E-state index is 12.5. The lowest BCUT2D eigenvalue weighted by molar-refractivity contribution is -0.137. The fraction of sp³-hybridized carbons (Fsp3) is 0.533. The third kappa shape index (κ3) is 1.11. The number of fused-ring (bicyclic) bond motifs is 3. The van der Waals surface area contributed by atoms with Gasteiger partial charge in [-0.15, -0.1) is 0 Å². The van der Waals surface area contributed by atoms with Crippen LogP contribution >= 0.6 is 0 Å². The minimum Gasteiger partial charge on any atom is -0.352 e. The summed E-state index contributed by atoms with van der Waals surface area (Å²) in [6.07, 6.45) is -0.160. The number of carbonyl (C=O) groups excluding carboxylic acids is 1. The first kappa shape index (κ1) is 10.6. The van der Waals surface area contributed by atoms with E-state index in [0.29, 0.717) is 24.5 Å². The average molecular weight is 243 g/mol. The van der Waals surface area contributed by atoms with Gasteiger partial charge in [0, 0.05) is 11.5 Å². The van der Waals surface area contributed by atoms with Crippen molar-refractivity contribution in [2.24, 2.45) is 17.3 Å². The molecule has 0 N–H and O–H groups in total. The number of piperidine rings is 1. The molecule has 0 aromatic heterocycles. The van der Waals surface area contributed by atoms with Gasteiger partial charge in [0.2, 0.25) is 5.91 Å². The molecule has 2 aliphatic heterocycles. The molecule has 3 aliphatic rings. The molecule has 1 aliphatic carbocycles. The van der Waals surface area contributed by atoms with Crippen LogP contribution in [0, 0.1) is 17.3 Å². The summed E-state index contributed by atoms with van der Waals surface area (Å²) in [7, 11) is 0. The van der Waals surface area contributed by atoms with E-state index >= 15 is 0 Å². The lowest BCUT2D eigenvalue weighted by Gasteiger charge is -2.27. The van der Waals surface area contributed by atoms with Crippen molar-refractivity contribution in [3.05, 3.63) is 35.9 Å². The summed E-state index contributed by atoms with van der Waals surface area (Å²) in [5.74, 6) is 1.03. The van der Waals surface area contributed by atoms with Gasteiger partial charge in [-0.2, -0.15) is 0 Å². The molecular weight excluding hydrogens is 226 g/mol. The van der Waals surface area contributed by atoms with E-state index in [4.69, 9.17) is 4.74 Å². The summed E-state index contributed by atoms with van der Waals surface area (Å²) >= 11 is 0. The Balaban J connectivity index is 1.67. The molecule has 4 rings (SSSR count). The van der Waals surface area contributed by atoms with Crippen LogP contribution < -0.4 is 0 Å². The van der Waals surface area contributed by atoms with Gasteiger partial charge < -0.3 is 9.64 Å². The van der Waals surface area contributed by atoms with E-state index in [-0.39, 0.29) is 17.6 Å². The molecule has 2 heterocycles. The van der Waals surface area contributed by atoms with Crippen molar-refractivity contribution in [3.63, 3.8) is 0 Å². The van der Waals surface area contributed by atoms with Gasteiger partial charge in [-0.1, -0.05) is 44.2 Å². The number of ether oxygens (including phenoxy) is 1. The molecule has 1 unspecified atom stereocenters. The van der Waals surface area contributed by atoms with Crippen molar-refractivity contribution in [2.45, 2.75) is 26.1 Å². The summed E-state index contributed by atoms with van der Waals surface area (Å²) in [4.78, 5) is 14.5. The molecule has 94 valence electrons. The minimum atomic E-state index is -0.160. The molecule has 18 heavy (non-hydrogen) atoms. The van der Waals surface area contributed by atoms with Crippen molar-refractivity contribution in [2.75, 3.05) is 6.61 Å². The second-order valence-corrected chi connectivity index (χ2v) is 6.23. The normalized spacial score (nSPS) is 39.7. The summed E-state index contributed by atoms with van der Waals surface area (Å²) in [6.45, 7) is 5.09. The van der Waals surface area contributed by atoms with Gasteiger partial charge in [0.1, 0.15) is 0 Å². The second-order valence-electron chi connectivity index (χ2n) is 6.23. The molecule has 1 saturated carbocycles. The largest absolute Gasteiger partial charge is 0.352 e. The molecule has 3 nitrogen and oxygen atoms in total. The zero-order valence-corrected chi connectivity index (χ0v) is 10.7. The molecule has 0 spiro atoms. The molecule has 2 saturated heterocycles. The Bertz CT molecular complexity index is 510. The van der Waals surface area contributed by atoms with Crippen LogP contribution in [0.25, 0.3) is 0 Å². The van der Waals surface area contributed by atoms with E-state index in [1.165, 1.54) is 0 Å². The molecule has 3 fully saturated rings. The van der Waals surface area contributed by atoms with Gasteiger partial charge in [0.25, 0.3) is 0 Å². The first-order valence-electron chi connectivity index (χ1n) is 6.61. The van der Waals surface area contributed by atoms with Crippen LogP contribution in [0.3, 0.4) is 0 Å². The monoisotopic (exact) mass is 243 g/mol. The Kier molecular flexibility index (Phi) is 1.85. The highest BCUT2D eigenvalue weighted by Gasteiger charge is 2.73. The van der Waals surface area contributed by atoms with Crippen LogP contribution in [-0.4, -0.2) is 23.5 Å². The molecule has 0 radical (unpaired) electrons. The van der Waals surface area contributed by atoms with Crippen LogP contribution in [0.5, 0.6) is 0 Å². The second kappa shape index (κ2) is 3.15. The topological polar surface area (TPSA) is 29.5 Å². The summed E-state index contributed by atoms with van der Waals surface area (Å²) in [5.41, 5.74) is 1.28. The van der Waals surface area contributed by atoms with Gasteiger partial charge in [0.15, 0.2) is 6.23 Å². The molecule has 3 heteroatoms. The Morgan fingerprint density at radius 1 is 1.28 bits per heavy atom. The van der Waals surface area contributed by atoms with E-state index in [9.17, 15) is 4.79 Å². The summed E-state index contributed by atoms with van der Waals surface area (Å²) < 4.78 is 5.87. The zero-order valence-electron chi connectivity index (χ0n) is 10.7. The van der Waals surface area contributed by atoms with Crippen LogP contribution in [0.2, 0.25) is 0 Å². The molecule has 4 atom stereocenters. The van der Waals surface area contributed by atoms with Crippen molar-refractivity contribution >= 4 is 5.91 Å². The maximum Gasteiger partial charge on any atom is 0.229 e. The van der Waals surface area contributed by atoms with Crippen LogP contribution in [-0.2, 0) is 9.53 Å². The highest BCUT2D eigenvalue weighted by molar-refractivity contribution is 5.87. The zero-order chi connectivity index (χ0) is 12.5. The fourth-order valence-electron chi connectivity index (χ4n) is 3.98. The maximum atomic E-state index is 12.5. The third-order valence-electron chi connectivity index (χ3n) is 4.97. The fourth-order valence-corrected chi connectivity index (χ4v) is 3.98. The number of amides is 1. The Morgan fingerprint density at radius 2 is 2.00 bits per heavy atom. The number of nitrogens with zero attached hydrogens (tertiary/aromatic N) is 1. The van der Waals surface area contributed by atoms with Crippen LogP contribution in [0.4, 0.5) is 0 Å². The third-order valence-corrected chi connectivity index (χ3v) is 4.97. The van der Waals surface area contributed by atoms with Gasteiger partial charge in [-0.3, -0.25) is 4.79 Å². The van der Waals surface area contributed by atoms with E-state index in [2.05, 4.69) is 13.8 Å². The highest BCUT2D eigenvalue weighted by Crippen LogP contribution is 2.67. The molecule has 1 aromatic carbocycles. The predicted molar refractivity (Wildman–Crippen MR) is 66.5 cm³/mol. The van der Waals surface area contributed by atoms with Gasteiger partial charge >= 0.3 is 0 Å². The van der Waals surface area contributed by atoms with E-state index in [1.807, 2.05) is 35.2 Å².